The summed E-state index contributed by atoms with van der Waals surface area (Å²) < 4.78 is 0. The van der Waals surface area contributed by atoms with E-state index in [1.165, 1.54) is 0 Å². The summed E-state index contributed by atoms with van der Waals surface area (Å²) in [5.41, 5.74) is 3.09. The lowest BCUT2D eigenvalue weighted by molar-refractivity contribution is -0.136. The van der Waals surface area contributed by atoms with Gasteiger partial charge < -0.3 is 5.11 Å². The van der Waals surface area contributed by atoms with Crippen molar-refractivity contribution in [2.75, 3.05) is 7.05 Å². The zero-order chi connectivity index (χ0) is 10.1. The van der Waals surface area contributed by atoms with Crippen LogP contribution in [0.25, 0.3) is 0 Å². The molecule has 0 unspecified atom stereocenters. The zero-order valence-electron chi connectivity index (χ0n) is 7.93. The fourth-order valence-electron chi connectivity index (χ4n) is 0.770. The summed E-state index contributed by atoms with van der Waals surface area (Å²) in [6.07, 6.45) is 0.112. The highest BCUT2D eigenvalue weighted by Gasteiger charge is 1.96. The van der Waals surface area contributed by atoms with Crippen LogP contribution in [-0.2, 0) is 11.2 Å². The number of nitrogens with one attached hydrogen (secondary N) is 1. The smallest absolute Gasteiger partial charge is 0.307 e. The van der Waals surface area contributed by atoms with Gasteiger partial charge in [-0.2, -0.15) is 0 Å². The van der Waals surface area contributed by atoms with Crippen molar-refractivity contribution >= 4 is 18.4 Å². The van der Waals surface area contributed by atoms with Crippen LogP contribution in [0.15, 0.2) is 30.3 Å². The average Bonchev–Trinajstić information content (AvgIpc) is 2.06. The Morgan fingerprint density at radius 1 is 1.43 bits per heavy atom. The molecule has 0 heterocycles. The van der Waals surface area contributed by atoms with E-state index in [1.54, 1.807) is 19.2 Å². The summed E-state index contributed by atoms with van der Waals surface area (Å²) in [6, 6.07) is 9.13. The van der Waals surface area contributed by atoms with E-state index in [1.807, 2.05) is 18.2 Å². The number of halogens is 1. The van der Waals surface area contributed by atoms with E-state index >= 15 is 0 Å². The number of carbonyl (C=O) groups is 1. The quantitative estimate of drug-likeness (QED) is 0.508. The third kappa shape index (κ3) is 8.99. The van der Waals surface area contributed by atoms with Crippen molar-refractivity contribution in [3.8, 4) is 0 Å². The number of hydrogen-bond donors (Lipinski definition) is 3. The van der Waals surface area contributed by atoms with Gasteiger partial charge in [0.15, 0.2) is 0 Å². The highest BCUT2D eigenvalue weighted by Crippen LogP contribution is 1.98. The van der Waals surface area contributed by atoms with Crippen LogP contribution in [-0.4, -0.2) is 18.1 Å². The monoisotopic (exact) mass is 218 g/mol. The molecule has 0 spiro atoms. The molecule has 0 aliphatic heterocycles. The summed E-state index contributed by atoms with van der Waals surface area (Å²) in [6.45, 7) is 0. The Bertz CT molecular complexity index is 242. The fourth-order valence-corrected chi connectivity index (χ4v) is 0.770. The predicted molar refractivity (Wildman–Crippen MR) is 58.3 cm³/mol. The minimum atomic E-state index is -0.786. The molecule has 0 amide bonds. The molecule has 0 atom stereocenters. The SMILES string of the molecule is CNN.Cl.O=C(O)Cc1ccccc1. The predicted octanol–water partition coefficient (Wildman–Crippen LogP) is 0.815. The Morgan fingerprint density at radius 2 is 1.86 bits per heavy atom. The van der Waals surface area contributed by atoms with Crippen LogP contribution in [0.4, 0.5) is 0 Å². The maximum Gasteiger partial charge on any atom is 0.307 e. The second-order valence-electron chi connectivity index (χ2n) is 2.34. The molecule has 5 heteroatoms. The number of rotatable bonds is 2. The molecule has 0 saturated heterocycles. The maximum atomic E-state index is 10.2. The molecular formula is C9H15ClN2O2. The summed E-state index contributed by atoms with van der Waals surface area (Å²) in [5.74, 6) is 3.81. The van der Waals surface area contributed by atoms with E-state index in [0.717, 1.165) is 5.56 Å². The van der Waals surface area contributed by atoms with Gasteiger partial charge in [0.25, 0.3) is 0 Å². The third-order valence-electron chi connectivity index (χ3n) is 1.20. The molecule has 0 aromatic heterocycles. The Kier molecular flexibility index (Phi) is 11.0. The molecule has 0 aliphatic rings. The van der Waals surface area contributed by atoms with Gasteiger partial charge in [-0.25, -0.2) is 0 Å². The highest BCUT2D eigenvalue weighted by molar-refractivity contribution is 5.85. The lowest BCUT2D eigenvalue weighted by Crippen LogP contribution is -2.13. The van der Waals surface area contributed by atoms with Gasteiger partial charge in [-0.1, -0.05) is 30.3 Å². The molecule has 4 nitrogen and oxygen atoms in total. The van der Waals surface area contributed by atoms with Gasteiger partial charge in [-0.3, -0.25) is 16.1 Å². The van der Waals surface area contributed by atoms with E-state index in [-0.39, 0.29) is 18.8 Å². The summed E-state index contributed by atoms with van der Waals surface area (Å²) in [4.78, 5) is 10.2. The van der Waals surface area contributed by atoms with E-state index in [4.69, 9.17) is 5.11 Å². The van der Waals surface area contributed by atoms with E-state index < -0.39 is 5.97 Å². The van der Waals surface area contributed by atoms with Crippen LogP contribution in [0.5, 0.6) is 0 Å². The number of hydrazine groups is 1. The van der Waals surface area contributed by atoms with Gasteiger partial charge in [0, 0.05) is 0 Å². The number of hydrogen-bond acceptors (Lipinski definition) is 3. The number of carboxylic acids is 1. The first kappa shape index (κ1) is 15.4. The normalized spacial score (nSPS) is 7.86. The van der Waals surface area contributed by atoms with Gasteiger partial charge in [0.2, 0.25) is 0 Å². The maximum absolute atomic E-state index is 10.2. The second-order valence-corrected chi connectivity index (χ2v) is 2.34. The van der Waals surface area contributed by atoms with Crippen molar-refractivity contribution in [1.82, 2.24) is 5.43 Å². The van der Waals surface area contributed by atoms with Gasteiger partial charge in [0.05, 0.1) is 6.42 Å². The Labute approximate surface area is 89.5 Å². The molecule has 14 heavy (non-hydrogen) atoms. The van der Waals surface area contributed by atoms with Gasteiger partial charge >= 0.3 is 5.97 Å². The minimum absolute atomic E-state index is 0. The van der Waals surface area contributed by atoms with Crippen molar-refractivity contribution < 1.29 is 9.90 Å². The Hall–Kier alpha value is -1.10. The van der Waals surface area contributed by atoms with E-state index in [0.29, 0.717) is 0 Å². The van der Waals surface area contributed by atoms with E-state index in [2.05, 4.69) is 11.3 Å². The van der Waals surface area contributed by atoms with Crippen LogP contribution in [0.3, 0.4) is 0 Å². The first-order chi connectivity index (χ1) is 6.20. The van der Waals surface area contributed by atoms with Crippen LogP contribution in [0.1, 0.15) is 5.56 Å². The Balaban J connectivity index is 0. The largest absolute Gasteiger partial charge is 0.481 e. The molecular weight excluding hydrogens is 204 g/mol. The lowest BCUT2D eigenvalue weighted by atomic mass is 10.2. The molecule has 1 aromatic carbocycles. The Morgan fingerprint density at radius 3 is 2.21 bits per heavy atom. The van der Waals surface area contributed by atoms with Crippen LogP contribution in [0, 0.1) is 0 Å². The number of nitrogens with two attached hydrogens (primary N) is 1. The molecule has 0 saturated carbocycles. The number of aliphatic carboxylic acids is 1. The molecule has 80 valence electrons. The van der Waals surface area contributed by atoms with Gasteiger partial charge in [0.1, 0.15) is 0 Å². The highest BCUT2D eigenvalue weighted by atomic mass is 35.5. The van der Waals surface area contributed by atoms with Crippen molar-refractivity contribution in [2.45, 2.75) is 6.42 Å². The van der Waals surface area contributed by atoms with Crippen molar-refractivity contribution in [1.29, 1.82) is 0 Å². The summed E-state index contributed by atoms with van der Waals surface area (Å²) in [7, 11) is 1.65. The molecule has 1 aromatic rings. The number of benzene rings is 1. The number of carboxylic acid groups (broad SMARTS) is 1. The van der Waals surface area contributed by atoms with Crippen molar-refractivity contribution in [3.05, 3.63) is 35.9 Å². The zero-order valence-corrected chi connectivity index (χ0v) is 8.75. The first-order valence-electron chi connectivity index (χ1n) is 3.83. The van der Waals surface area contributed by atoms with Crippen LogP contribution >= 0.6 is 12.4 Å². The first-order valence-corrected chi connectivity index (χ1v) is 3.83. The molecule has 0 bridgehead atoms. The van der Waals surface area contributed by atoms with Crippen LogP contribution in [0.2, 0.25) is 0 Å². The molecule has 4 N–H and O–H groups in total. The molecule has 1 rings (SSSR count). The van der Waals surface area contributed by atoms with Gasteiger partial charge in [-0.15, -0.1) is 12.4 Å². The summed E-state index contributed by atoms with van der Waals surface area (Å²) in [5, 5.41) is 8.37. The minimum Gasteiger partial charge on any atom is -0.481 e. The van der Waals surface area contributed by atoms with E-state index in [9.17, 15) is 4.79 Å². The fraction of sp³-hybridized carbons (Fsp3) is 0.222. The molecule has 0 fully saturated rings. The van der Waals surface area contributed by atoms with Crippen molar-refractivity contribution in [2.24, 2.45) is 5.84 Å². The standard InChI is InChI=1S/C8H8O2.CH6N2.ClH/c9-8(10)6-7-4-2-1-3-5-7;1-3-2;/h1-5H,6H2,(H,9,10);3H,2H2,1H3;1H. The topological polar surface area (TPSA) is 75.3 Å². The van der Waals surface area contributed by atoms with Crippen LogP contribution < -0.4 is 11.3 Å². The average molecular weight is 219 g/mol. The van der Waals surface area contributed by atoms with Crippen molar-refractivity contribution in [3.63, 3.8) is 0 Å². The second kappa shape index (κ2) is 9.98. The summed E-state index contributed by atoms with van der Waals surface area (Å²) >= 11 is 0. The van der Waals surface area contributed by atoms with Gasteiger partial charge in [-0.05, 0) is 12.6 Å². The molecule has 0 aliphatic carbocycles. The third-order valence-corrected chi connectivity index (χ3v) is 1.20. The lowest BCUT2D eigenvalue weighted by Gasteiger charge is -1.92. The molecule has 0 radical (unpaired) electrons.